The Labute approximate surface area is 191 Å². The number of nitrogens with one attached hydrogen (secondary N) is 2. The van der Waals surface area contributed by atoms with Crippen LogP contribution in [0.1, 0.15) is 25.8 Å². The number of aromatic nitrogens is 3. The van der Waals surface area contributed by atoms with E-state index in [1.54, 1.807) is 4.57 Å². The van der Waals surface area contributed by atoms with Gasteiger partial charge in [0.1, 0.15) is 5.52 Å². The molecule has 0 aliphatic carbocycles. The zero-order valence-corrected chi connectivity index (χ0v) is 19.0. The monoisotopic (exact) mass is 446 g/mol. The molecule has 0 aliphatic rings. The van der Waals surface area contributed by atoms with Crippen LogP contribution in [0.4, 0.5) is 0 Å². The van der Waals surface area contributed by atoms with Gasteiger partial charge in [-0.05, 0) is 30.5 Å². The summed E-state index contributed by atoms with van der Waals surface area (Å²) in [5.41, 5.74) is 3.74. The molecule has 164 valence electrons. The minimum Gasteiger partial charge on any atom is -0.353 e. The summed E-state index contributed by atoms with van der Waals surface area (Å²) in [6.07, 6.45) is 0.866. The molecule has 4 aromatic rings. The number of H-pyrrole nitrogens is 1. The largest absolute Gasteiger partial charge is 0.353 e. The molecule has 1 atom stereocenters. The van der Waals surface area contributed by atoms with Crippen LogP contribution < -0.4 is 10.9 Å². The number of nitrogens with zero attached hydrogens (tertiary/aromatic N) is 2. The molecule has 0 saturated carbocycles. The van der Waals surface area contributed by atoms with Gasteiger partial charge in [0.25, 0.3) is 5.56 Å². The summed E-state index contributed by atoms with van der Waals surface area (Å²) in [4.78, 5) is 33.8. The number of carbonyl (C=O) groups is 1. The molecule has 0 saturated heterocycles. The third-order valence-electron chi connectivity index (χ3n) is 5.32. The van der Waals surface area contributed by atoms with Gasteiger partial charge >= 0.3 is 0 Å². The van der Waals surface area contributed by atoms with E-state index in [0.29, 0.717) is 22.7 Å². The van der Waals surface area contributed by atoms with E-state index in [-0.39, 0.29) is 23.3 Å². The van der Waals surface area contributed by atoms with Crippen LogP contribution >= 0.6 is 11.8 Å². The number of carbonyl (C=O) groups excluding carboxylic acids is 1. The van der Waals surface area contributed by atoms with Gasteiger partial charge in [0.05, 0.1) is 17.8 Å². The molecule has 0 spiro atoms. The van der Waals surface area contributed by atoms with Crippen molar-refractivity contribution >= 4 is 28.7 Å². The predicted octanol–water partition coefficient (Wildman–Crippen LogP) is 4.45. The zero-order chi connectivity index (χ0) is 22.5. The van der Waals surface area contributed by atoms with Gasteiger partial charge in [0.2, 0.25) is 5.91 Å². The van der Waals surface area contributed by atoms with E-state index < -0.39 is 0 Å². The lowest BCUT2D eigenvalue weighted by atomic mass is 10.2. The second-order valence-electron chi connectivity index (χ2n) is 7.75. The second-order valence-corrected chi connectivity index (χ2v) is 8.69. The lowest BCUT2D eigenvalue weighted by molar-refractivity contribution is -0.119. The summed E-state index contributed by atoms with van der Waals surface area (Å²) in [6, 6.07) is 21.6. The molecule has 2 heterocycles. The lowest BCUT2D eigenvalue weighted by Crippen LogP contribution is -2.33. The predicted molar refractivity (Wildman–Crippen MR) is 130 cm³/mol. The van der Waals surface area contributed by atoms with Crippen molar-refractivity contribution in [3.05, 3.63) is 82.6 Å². The molecular formula is C25H26N4O2S. The summed E-state index contributed by atoms with van der Waals surface area (Å²) in [5.74, 6) is 0.136. The Kier molecular flexibility index (Phi) is 6.75. The summed E-state index contributed by atoms with van der Waals surface area (Å²) >= 11 is 1.29. The Balaban J connectivity index is 1.72. The number of hydrogen-bond donors (Lipinski definition) is 2. The van der Waals surface area contributed by atoms with Gasteiger partial charge in [-0.15, -0.1) is 0 Å². The molecule has 2 N–H and O–H groups in total. The molecule has 0 fully saturated rings. The molecule has 6 nitrogen and oxygen atoms in total. The molecule has 0 bridgehead atoms. The first kappa shape index (κ1) is 21.9. The van der Waals surface area contributed by atoms with E-state index in [1.165, 1.54) is 11.8 Å². The minimum absolute atomic E-state index is 0.0657. The Morgan fingerprint density at radius 2 is 1.81 bits per heavy atom. The van der Waals surface area contributed by atoms with Gasteiger partial charge in [0, 0.05) is 11.7 Å². The van der Waals surface area contributed by atoms with Crippen molar-refractivity contribution in [1.29, 1.82) is 0 Å². The quantitative estimate of drug-likeness (QED) is 0.310. The van der Waals surface area contributed by atoms with Gasteiger partial charge in [0.15, 0.2) is 5.16 Å². The molecular weight excluding hydrogens is 420 g/mol. The van der Waals surface area contributed by atoms with Crippen LogP contribution in [0, 0.1) is 0 Å². The molecule has 0 radical (unpaired) electrons. The summed E-state index contributed by atoms with van der Waals surface area (Å²) in [6.45, 7) is 4.39. The van der Waals surface area contributed by atoms with Gasteiger partial charge in [-0.2, -0.15) is 0 Å². The van der Waals surface area contributed by atoms with Gasteiger partial charge in [-0.1, -0.05) is 79.3 Å². The van der Waals surface area contributed by atoms with Crippen LogP contribution in [0.5, 0.6) is 0 Å². The van der Waals surface area contributed by atoms with Gasteiger partial charge in [-0.25, -0.2) is 4.98 Å². The molecule has 1 amide bonds. The van der Waals surface area contributed by atoms with E-state index in [0.717, 1.165) is 23.2 Å². The van der Waals surface area contributed by atoms with Crippen LogP contribution in [0.3, 0.4) is 0 Å². The fourth-order valence-corrected chi connectivity index (χ4v) is 4.23. The average Bonchev–Trinajstić information content (AvgIpc) is 3.25. The number of thioether (sulfide) groups is 1. The number of fused-ring (bicyclic) bond motifs is 1. The van der Waals surface area contributed by atoms with E-state index in [2.05, 4.69) is 10.3 Å². The Bertz CT molecular complexity index is 1270. The van der Waals surface area contributed by atoms with Crippen molar-refractivity contribution in [2.75, 3.05) is 5.75 Å². The summed E-state index contributed by atoms with van der Waals surface area (Å²) < 4.78 is 1.64. The van der Waals surface area contributed by atoms with E-state index >= 15 is 0 Å². The summed E-state index contributed by atoms with van der Waals surface area (Å²) in [7, 11) is 0. The second kappa shape index (κ2) is 9.87. The first-order valence-corrected chi connectivity index (χ1v) is 11.7. The molecule has 7 heteroatoms. The van der Waals surface area contributed by atoms with Crippen LogP contribution in [-0.2, 0) is 11.3 Å². The highest BCUT2D eigenvalue weighted by molar-refractivity contribution is 7.99. The molecule has 2 aromatic heterocycles. The van der Waals surface area contributed by atoms with Crippen molar-refractivity contribution in [2.24, 2.45) is 0 Å². The maximum Gasteiger partial charge on any atom is 0.278 e. The highest BCUT2D eigenvalue weighted by Crippen LogP contribution is 2.24. The topological polar surface area (TPSA) is 79.8 Å². The first-order chi connectivity index (χ1) is 15.5. The van der Waals surface area contributed by atoms with E-state index in [4.69, 9.17) is 4.98 Å². The standard InChI is InChI=1S/C25H26N4O2S/c1-3-17(2)26-22(30)16-32-25-28-21-14-20(19-12-8-5-9-13-19)27-23(21)24(31)29(25)15-18-10-6-4-7-11-18/h4-14,17,27H,3,15-16H2,1-2H3,(H,26,30)/t17-/m0/s1. The molecule has 0 unspecified atom stereocenters. The highest BCUT2D eigenvalue weighted by Gasteiger charge is 2.17. The first-order valence-electron chi connectivity index (χ1n) is 10.7. The fraction of sp³-hybridized carbons (Fsp3) is 0.240. The SMILES string of the molecule is CC[C@H](C)NC(=O)CSc1nc2cc(-c3ccccc3)[nH]c2c(=O)n1Cc1ccccc1. The molecule has 0 aliphatic heterocycles. The van der Waals surface area contributed by atoms with Gasteiger partial charge in [-0.3, -0.25) is 14.2 Å². The fourth-order valence-electron chi connectivity index (χ4n) is 3.42. The number of rotatable bonds is 8. The van der Waals surface area contributed by atoms with Crippen molar-refractivity contribution < 1.29 is 4.79 Å². The van der Waals surface area contributed by atoms with Crippen molar-refractivity contribution in [3.63, 3.8) is 0 Å². The maximum absolute atomic E-state index is 13.4. The third-order valence-corrected chi connectivity index (χ3v) is 6.30. The smallest absolute Gasteiger partial charge is 0.278 e. The molecule has 4 rings (SSSR count). The van der Waals surface area contributed by atoms with Crippen LogP contribution in [0.25, 0.3) is 22.3 Å². The van der Waals surface area contributed by atoms with Crippen molar-refractivity contribution in [1.82, 2.24) is 19.9 Å². The van der Waals surface area contributed by atoms with Crippen molar-refractivity contribution in [3.8, 4) is 11.3 Å². The Hall–Kier alpha value is -3.32. The van der Waals surface area contributed by atoms with Crippen molar-refractivity contribution in [2.45, 2.75) is 38.0 Å². The number of aromatic amines is 1. The van der Waals surface area contributed by atoms with Crippen LogP contribution in [0.2, 0.25) is 0 Å². The minimum atomic E-state index is -0.147. The maximum atomic E-state index is 13.4. The number of benzene rings is 2. The van der Waals surface area contributed by atoms with Gasteiger partial charge < -0.3 is 10.3 Å². The Morgan fingerprint density at radius 1 is 1.12 bits per heavy atom. The zero-order valence-electron chi connectivity index (χ0n) is 18.2. The van der Waals surface area contributed by atoms with E-state index in [1.807, 2.05) is 80.6 Å². The lowest BCUT2D eigenvalue weighted by Gasteiger charge is -2.13. The number of hydrogen-bond acceptors (Lipinski definition) is 4. The summed E-state index contributed by atoms with van der Waals surface area (Å²) in [5, 5.41) is 3.50. The molecule has 32 heavy (non-hydrogen) atoms. The Morgan fingerprint density at radius 3 is 2.50 bits per heavy atom. The third kappa shape index (κ3) is 4.94. The average molecular weight is 447 g/mol. The van der Waals surface area contributed by atoms with Crippen LogP contribution in [-0.4, -0.2) is 32.2 Å². The number of amides is 1. The highest BCUT2D eigenvalue weighted by atomic mass is 32.2. The van der Waals surface area contributed by atoms with E-state index in [9.17, 15) is 9.59 Å². The molecule has 2 aromatic carbocycles. The van der Waals surface area contributed by atoms with Crippen LogP contribution in [0.15, 0.2) is 76.7 Å². The normalized spacial score (nSPS) is 12.1.